The van der Waals surface area contributed by atoms with Crippen molar-refractivity contribution >= 4 is 6.21 Å². The van der Waals surface area contributed by atoms with Crippen LogP contribution < -0.4 is 0 Å². The maximum atomic E-state index is 12.5. The number of hydrogen-bond donors (Lipinski definition) is 0. The first-order valence-corrected chi connectivity index (χ1v) is 7.32. The Hall–Kier alpha value is -1.35. The second-order valence-electron chi connectivity index (χ2n) is 7.15. The molecule has 3 heteroatoms. The lowest BCUT2D eigenvalue weighted by molar-refractivity contribution is -0.509. The highest BCUT2D eigenvalue weighted by Gasteiger charge is 2.46. The Bertz CT molecular complexity index is 473. The number of piperidine rings is 1. The van der Waals surface area contributed by atoms with Gasteiger partial charge < -0.3 is 5.21 Å². The van der Waals surface area contributed by atoms with Crippen LogP contribution in [0.25, 0.3) is 0 Å². The highest BCUT2D eigenvalue weighted by Crippen LogP contribution is 2.37. The van der Waals surface area contributed by atoms with E-state index < -0.39 is 0 Å². The van der Waals surface area contributed by atoms with E-state index >= 15 is 0 Å². The van der Waals surface area contributed by atoms with Crippen LogP contribution in [0.15, 0.2) is 30.3 Å². The largest absolute Gasteiger partial charge is 0.624 e. The second kappa shape index (κ2) is 5.21. The van der Waals surface area contributed by atoms with E-state index in [0.717, 1.165) is 23.1 Å². The molecule has 1 saturated heterocycles. The lowest BCUT2D eigenvalue weighted by Crippen LogP contribution is -2.61. The van der Waals surface area contributed by atoms with Gasteiger partial charge in [-0.05, 0) is 46.9 Å². The first kappa shape index (κ1) is 15.0. The van der Waals surface area contributed by atoms with Gasteiger partial charge in [0.25, 0.3) is 0 Å². The van der Waals surface area contributed by atoms with Gasteiger partial charge >= 0.3 is 0 Å². The van der Waals surface area contributed by atoms with E-state index in [2.05, 4.69) is 39.6 Å². The molecule has 0 aliphatic carbocycles. The van der Waals surface area contributed by atoms with Gasteiger partial charge in [0.1, 0.15) is 0 Å². The number of nitrogens with zero attached hydrogens (tertiary/aromatic N) is 2. The Kier molecular flexibility index (Phi) is 3.92. The summed E-state index contributed by atoms with van der Waals surface area (Å²) in [7, 11) is 2.16. The smallest absolute Gasteiger partial charge is 0.182 e. The summed E-state index contributed by atoms with van der Waals surface area (Å²) >= 11 is 0. The highest BCUT2D eigenvalue weighted by molar-refractivity contribution is 5.75. The summed E-state index contributed by atoms with van der Waals surface area (Å²) in [6.07, 6.45) is 3.50. The molecule has 0 unspecified atom stereocenters. The molecule has 2 rings (SSSR count). The minimum Gasteiger partial charge on any atom is -0.624 e. The zero-order valence-corrected chi connectivity index (χ0v) is 13.3. The molecule has 1 aliphatic rings. The monoisotopic (exact) mass is 274 g/mol. The predicted octanol–water partition coefficient (Wildman–Crippen LogP) is 3.27. The van der Waals surface area contributed by atoms with Crippen LogP contribution in [0.5, 0.6) is 0 Å². The average Bonchev–Trinajstić information content (AvgIpc) is 2.36. The van der Waals surface area contributed by atoms with Crippen molar-refractivity contribution in [3.05, 3.63) is 41.1 Å². The average molecular weight is 274 g/mol. The van der Waals surface area contributed by atoms with Gasteiger partial charge in [-0.15, -0.1) is 0 Å². The van der Waals surface area contributed by atoms with Crippen molar-refractivity contribution in [2.24, 2.45) is 0 Å². The molecule has 1 aromatic carbocycles. The molecule has 3 nitrogen and oxygen atoms in total. The van der Waals surface area contributed by atoms with Gasteiger partial charge in [0.15, 0.2) is 12.3 Å². The molecule has 110 valence electrons. The zero-order chi connectivity index (χ0) is 15.0. The molecule has 0 N–H and O–H groups in total. The molecule has 1 aromatic rings. The van der Waals surface area contributed by atoms with Crippen LogP contribution in [0.4, 0.5) is 0 Å². The molecule has 1 fully saturated rings. The summed E-state index contributed by atoms with van der Waals surface area (Å²) in [6.45, 7) is 8.88. The van der Waals surface area contributed by atoms with Gasteiger partial charge in [0.2, 0.25) is 0 Å². The van der Waals surface area contributed by atoms with Gasteiger partial charge in [-0.2, -0.15) is 0 Å². The number of hydroxylamine groups is 1. The fourth-order valence-corrected chi connectivity index (χ4v) is 3.29. The lowest BCUT2D eigenvalue weighted by Gasteiger charge is -2.52. The Balaban J connectivity index is 2.23. The van der Waals surface area contributed by atoms with Crippen molar-refractivity contribution in [1.82, 2.24) is 4.90 Å². The van der Waals surface area contributed by atoms with E-state index in [1.54, 1.807) is 6.21 Å². The fraction of sp³-hybridized carbons (Fsp3) is 0.588. The summed E-state index contributed by atoms with van der Waals surface area (Å²) in [4.78, 5) is 2.40. The third kappa shape index (κ3) is 3.04. The standard InChI is InChI=1S/C17H26N2O/c1-16(2)11-15(12-17(3,4)18(16)5)19(20)13-14-9-7-6-8-10-14/h6-10,13,15H,11-12H2,1-5H3. The van der Waals surface area contributed by atoms with Crippen LogP contribution >= 0.6 is 0 Å². The van der Waals surface area contributed by atoms with Crippen molar-refractivity contribution in [1.29, 1.82) is 0 Å². The number of rotatable bonds is 2. The molecule has 0 spiro atoms. The maximum Gasteiger partial charge on any atom is 0.182 e. The van der Waals surface area contributed by atoms with E-state index in [9.17, 15) is 5.21 Å². The molecular weight excluding hydrogens is 248 g/mol. The third-order valence-corrected chi connectivity index (χ3v) is 4.72. The normalized spacial score (nSPS) is 23.8. The Morgan fingerprint density at radius 1 is 1.10 bits per heavy atom. The summed E-state index contributed by atoms with van der Waals surface area (Å²) < 4.78 is 1.16. The highest BCUT2D eigenvalue weighted by atomic mass is 16.5. The predicted molar refractivity (Wildman–Crippen MR) is 84.2 cm³/mol. The molecule has 1 aliphatic heterocycles. The fourth-order valence-electron chi connectivity index (χ4n) is 3.29. The van der Waals surface area contributed by atoms with Crippen LogP contribution in [0, 0.1) is 5.21 Å². The first-order valence-electron chi connectivity index (χ1n) is 7.32. The molecule has 0 amide bonds. The SMILES string of the molecule is CN1C(C)(C)CC([N+]([O-])=Cc2ccccc2)CC1(C)C. The third-order valence-electron chi connectivity index (χ3n) is 4.72. The van der Waals surface area contributed by atoms with Crippen molar-refractivity contribution in [2.75, 3.05) is 7.05 Å². The van der Waals surface area contributed by atoms with Crippen LogP contribution in [-0.2, 0) is 0 Å². The quantitative estimate of drug-likeness (QED) is 0.358. The van der Waals surface area contributed by atoms with Gasteiger partial charge in [0, 0.05) is 29.5 Å². The Labute approximate surface area is 122 Å². The van der Waals surface area contributed by atoms with Crippen molar-refractivity contribution in [2.45, 2.75) is 57.7 Å². The van der Waals surface area contributed by atoms with Crippen LogP contribution in [0.1, 0.15) is 46.1 Å². The van der Waals surface area contributed by atoms with Crippen molar-refractivity contribution < 1.29 is 4.74 Å². The molecule has 1 heterocycles. The summed E-state index contributed by atoms with van der Waals surface area (Å²) in [5.74, 6) is 0. The summed E-state index contributed by atoms with van der Waals surface area (Å²) in [5, 5.41) is 12.5. The van der Waals surface area contributed by atoms with Gasteiger partial charge in [0.05, 0.1) is 0 Å². The van der Waals surface area contributed by atoms with Crippen LogP contribution in [0.2, 0.25) is 0 Å². The second-order valence-corrected chi connectivity index (χ2v) is 7.15. The zero-order valence-electron chi connectivity index (χ0n) is 13.3. The topological polar surface area (TPSA) is 29.3 Å². The van der Waals surface area contributed by atoms with Crippen LogP contribution in [0.3, 0.4) is 0 Å². The van der Waals surface area contributed by atoms with E-state index in [1.807, 2.05) is 30.3 Å². The maximum absolute atomic E-state index is 12.5. The minimum absolute atomic E-state index is 0.0383. The van der Waals surface area contributed by atoms with Crippen molar-refractivity contribution in [3.63, 3.8) is 0 Å². The Morgan fingerprint density at radius 3 is 2.10 bits per heavy atom. The molecule has 20 heavy (non-hydrogen) atoms. The lowest BCUT2D eigenvalue weighted by atomic mass is 9.77. The van der Waals surface area contributed by atoms with Crippen LogP contribution in [-0.4, -0.2) is 40.0 Å². The number of hydrogen-bond acceptors (Lipinski definition) is 2. The molecular formula is C17H26N2O. The minimum atomic E-state index is 0.0383. The molecule has 0 atom stereocenters. The molecule has 0 saturated carbocycles. The van der Waals surface area contributed by atoms with E-state index in [4.69, 9.17) is 0 Å². The number of likely N-dealkylation sites (tertiary alicyclic amines) is 1. The van der Waals surface area contributed by atoms with E-state index in [0.29, 0.717) is 0 Å². The molecule has 0 aromatic heterocycles. The van der Waals surface area contributed by atoms with Gasteiger partial charge in [-0.3, -0.25) is 4.90 Å². The van der Waals surface area contributed by atoms with Gasteiger partial charge in [-0.1, -0.05) is 18.2 Å². The molecule has 0 radical (unpaired) electrons. The van der Waals surface area contributed by atoms with E-state index in [-0.39, 0.29) is 17.1 Å². The summed E-state index contributed by atoms with van der Waals surface area (Å²) in [6, 6.07) is 9.86. The summed E-state index contributed by atoms with van der Waals surface area (Å²) in [5.41, 5.74) is 1.05. The molecule has 0 bridgehead atoms. The van der Waals surface area contributed by atoms with Gasteiger partial charge in [-0.25, -0.2) is 4.74 Å². The van der Waals surface area contributed by atoms with Crippen molar-refractivity contribution in [3.8, 4) is 0 Å². The van der Waals surface area contributed by atoms with E-state index in [1.165, 1.54) is 0 Å². The Morgan fingerprint density at radius 2 is 1.60 bits per heavy atom. The first-order chi connectivity index (χ1) is 9.22. The number of benzene rings is 1.